The molecular weight excluding hydrogens is 705 g/mol. The first-order chi connectivity index (χ1) is 27.7. The predicted molar refractivity (Wildman–Crippen MR) is 234 cm³/mol. The molecule has 0 saturated heterocycles. The zero-order chi connectivity index (χ0) is 36.9. The highest BCUT2D eigenvalue weighted by Crippen LogP contribution is 2.40. The van der Waals surface area contributed by atoms with Gasteiger partial charge < -0.3 is 9.13 Å². The average molecular weight is 735 g/mol. The molecule has 0 aliphatic heterocycles. The number of fused-ring (bicyclic) bond motifs is 10. The summed E-state index contributed by atoms with van der Waals surface area (Å²) in [5, 5.41) is 5.26. The molecular formula is C50H30N4OS. The predicted octanol–water partition coefficient (Wildman–Crippen LogP) is 12.6. The second-order valence-electron chi connectivity index (χ2n) is 14.4. The van der Waals surface area contributed by atoms with Crippen molar-refractivity contribution in [3.8, 4) is 33.6 Å². The number of para-hydroxylation sites is 5. The van der Waals surface area contributed by atoms with Gasteiger partial charge in [0.15, 0.2) is 4.96 Å². The van der Waals surface area contributed by atoms with Crippen molar-refractivity contribution in [1.29, 1.82) is 0 Å². The van der Waals surface area contributed by atoms with Crippen LogP contribution in [-0.4, -0.2) is 18.5 Å². The molecule has 4 heterocycles. The lowest BCUT2D eigenvalue weighted by Gasteiger charge is -2.13. The summed E-state index contributed by atoms with van der Waals surface area (Å²) in [6.07, 6.45) is 0. The molecule has 0 aliphatic carbocycles. The van der Waals surface area contributed by atoms with E-state index in [1.54, 1.807) is 15.7 Å². The minimum atomic E-state index is -0.0610. The highest BCUT2D eigenvalue weighted by Gasteiger charge is 2.20. The van der Waals surface area contributed by atoms with Crippen LogP contribution in [0.3, 0.4) is 0 Å². The summed E-state index contributed by atoms with van der Waals surface area (Å²) < 4.78 is 7.47. The largest absolute Gasteiger partial charge is 0.309 e. The average Bonchev–Trinajstić information content (AvgIpc) is 3.91. The molecule has 4 aromatic heterocycles. The Hall–Kier alpha value is -7.28. The van der Waals surface area contributed by atoms with E-state index in [1.807, 2.05) is 24.3 Å². The molecule has 0 saturated carbocycles. The molecule has 0 radical (unpaired) electrons. The Balaban J connectivity index is 1.15. The van der Waals surface area contributed by atoms with E-state index in [2.05, 4.69) is 167 Å². The van der Waals surface area contributed by atoms with Gasteiger partial charge >= 0.3 is 0 Å². The smallest absolute Gasteiger partial charge is 0.266 e. The van der Waals surface area contributed by atoms with Gasteiger partial charge in [0.25, 0.3) is 5.56 Å². The Morgan fingerprint density at radius 2 is 0.911 bits per heavy atom. The topological polar surface area (TPSA) is 44.2 Å². The van der Waals surface area contributed by atoms with Gasteiger partial charge in [-0.15, -0.1) is 0 Å². The summed E-state index contributed by atoms with van der Waals surface area (Å²) >= 11 is 1.55. The summed E-state index contributed by atoms with van der Waals surface area (Å²) in [6.45, 7) is 0. The Morgan fingerprint density at radius 1 is 0.411 bits per heavy atom. The maximum absolute atomic E-state index is 14.7. The van der Waals surface area contributed by atoms with Crippen LogP contribution < -0.4 is 5.56 Å². The lowest BCUT2D eigenvalue weighted by molar-refractivity contribution is 1.16. The molecule has 56 heavy (non-hydrogen) atoms. The van der Waals surface area contributed by atoms with Crippen LogP contribution in [0.1, 0.15) is 0 Å². The fourth-order valence-electron chi connectivity index (χ4n) is 8.77. The number of hydrogen-bond donors (Lipinski definition) is 0. The monoisotopic (exact) mass is 734 g/mol. The van der Waals surface area contributed by atoms with Gasteiger partial charge in [-0.25, -0.2) is 4.98 Å². The molecule has 8 aromatic carbocycles. The zero-order valence-corrected chi connectivity index (χ0v) is 30.7. The summed E-state index contributed by atoms with van der Waals surface area (Å²) in [7, 11) is 0. The van der Waals surface area contributed by atoms with Gasteiger partial charge in [-0.05, 0) is 102 Å². The first-order valence-electron chi connectivity index (χ1n) is 18.8. The number of aromatic nitrogens is 4. The van der Waals surface area contributed by atoms with E-state index in [9.17, 15) is 4.79 Å². The SMILES string of the molecule is O=c1c2cc(-c3ccc4c(c3)c3ccccc3n4-c3ccccc3)cc(-c3ccc4c(c3)c3ccccc3n4-c3ccccc3)c2nc2sc3ccccc3n12. The first-order valence-corrected chi connectivity index (χ1v) is 19.6. The van der Waals surface area contributed by atoms with Crippen molar-refractivity contribution in [2.45, 2.75) is 0 Å². The molecule has 0 atom stereocenters. The summed E-state index contributed by atoms with van der Waals surface area (Å²) in [5.74, 6) is 0. The van der Waals surface area contributed by atoms with Crippen molar-refractivity contribution in [1.82, 2.24) is 18.5 Å². The van der Waals surface area contributed by atoms with Crippen LogP contribution in [0.4, 0.5) is 0 Å². The number of thiazole rings is 1. The van der Waals surface area contributed by atoms with Crippen LogP contribution in [0.5, 0.6) is 0 Å². The molecule has 0 spiro atoms. The van der Waals surface area contributed by atoms with Crippen molar-refractivity contribution in [2.24, 2.45) is 0 Å². The standard InChI is InChI=1S/C50H30N4OS/c55-49-41-30-33(31-23-25-44-39(27-31)36-17-7-9-19-42(36)52(44)34-13-3-1-4-14-34)29-38(48(41)51-50-54(49)46-21-11-12-22-47(46)56-50)32-24-26-45-40(28-32)37-18-8-10-20-43(37)53(45)35-15-5-2-6-16-35/h1-30H. The molecule has 12 rings (SSSR count). The number of rotatable bonds is 4. The normalized spacial score (nSPS) is 12.0. The molecule has 0 unspecified atom stereocenters. The van der Waals surface area contributed by atoms with Gasteiger partial charge in [0, 0.05) is 38.5 Å². The number of benzene rings is 8. The van der Waals surface area contributed by atoms with E-state index < -0.39 is 0 Å². The van der Waals surface area contributed by atoms with E-state index in [1.165, 1.54) is 10.8 Å². The maximum atomic E-state index is 14.7. The van der Waals surface area contributed by atoms with E-state index >= 15 is 0 Å². The lowest BCUT2D eigenvalue weighted by Crippen LogP contribution is -2.14. The van der Waals surface area contributed by atoms with Gasteiger partial charge in [-0.2, -0.15) is 0 Å². The van der Waals surface area contributed by atoms with Crippen molar-refractivity contribution < 1.29 is 0 Å². The quantitative estimate of drug-likeness (QED) is 0.181. The van der Waals surface area contributed by atoms with E-state index in [0.29, 0.717) is 15.9 Å². The molecule has 0 fully saturated rings. The second-order valence-corrected chi connectivity index (χ2v) is 15.4. The third-order valence-corrected chi connectivity index (χ3v) is 12.3. The minimum absolute atomic E-state index is 0.0610. The fourth-order valence-corrected chi connectivity index (χ4v) is 9.79. The molecule has 262 valence electrons. The molecule has 0 bridgehead atoms. The van der Waals surface area contributed by atoms with Crippen LogP contribution >= 0.6 is 11.3 Å². The summed E-state index contributed by atoms with van der Waals surface area (Å²) in [4.78, 5) is 20.7. The van der Waals surface area contributed by atoms with E-state index in [0.717, 1.165) is 76.7 Å². The van der Waals surface area contributed by atoms with Crippen LogP contribution in [0, 0.1) is 0 Å². The number of nitrogens with zero attached hydrogens (tertiary/aromatic N) is 4. The molecule has 0 amide bonds. The van der Waals surface area contributed by atoms with Crippen molar-refractivity contribution in [2.75, 3.05) is 0 Å². The van der Waals surface area contributed by atoms with Crippen LogP contribution in [0.15, 0.2) is 187 Å². The summed E-state index contributed by atoms with van der Waals surface area (Å²) in [5.41, 5.74) is 12.3. The van der Waals surface area contributed by atoms with Gasteiger partial charge in [0.2, 0.25) is 0 Å². The van der Waals surface area contributed by atoms with Crippen LogP contribution in [-0.2, 0) is 0 Å². The highest BCUT2D eigenvalue weighted by atomic mass is 32.1. The second kappa shape index (κ2) is 11.9. The third-order valence-electron chi connectivity index (χ3n) is 11.3. The third kappa shape index (κ3) is 4.48. The Labute approximate surface area is 324 Å². The van der Waals surface area contributed by atoms with Crippen molar-refractivity contribution in [3.05, 3.63) is 192 Å². The molecule has 0 aliphatic rings. The summed E-state index contributed by atoms with van der Waals surface area (Å²) in [6, 6.07) is 63.9. The van der Waals surface area contributed by atoms with Gasteiger partial charge in [-0.1, -0.05) is 108 Å². The molecule has 6 heteroatoms. The maximum Gasteiger partial charge on any atom is 0.266 e. The highest BCUT2D eigenvalue weighted by molar-refractivity contribution is 7.23. The van der Waals surface area contributed by atoms with E-state index in [-0.39, 0.29) is 5.56 Å². The van der Waals surface area contributed by atoms with Crippen LogP contribution in [0.2, 0.25) is 0 Å². The van der Waals surface area contributed by atoms with Gasteiger partial charge in [-0.3, -0.25) is 9.20 Å². The fraction of sp³-hybridized carbons (Fsp3) is 0. The van der Waals surface area contributed by atoms with Crippen LogP contribution in [0.25, 0.3) is 103 Å². The lowest BCUT2D eigenvalue weighted by atomic mass is 9.94. The minimum Gasteiger partial charge on any atom is -0.309 e. The Kier molecular flexibility index (Phi) is 6.59. The van der Waals surface area contributed by atoms with Gasteiger partial charge in [0.1, 0.15) is 0 Å². The number of hydrogen-bond acceptors (Lipinski definition) is 3. The molecule has 12 aromatic rings. The molecule has 5 nitrogen and oxygen atoms in total. The van der Waals surface area contributed by atoms with Crippen molar-refractivity contribution in [3.63, 3.8) is 0 Å². The Morgan fingerprint density at radius 3 is 1.55 bits per heavy atom. The van der Waals surface area contributed by atoms with Crippen molar-refractivity contribution >= 4 is 81.0 Å². The Bertz CT molecular complexity index is 3610. The van der Waals surface area contributed by atoms with E-state index in [4.69, 9.17) is 4.98 Å². The first kappa shape index (κ1) is 31.1. The molecule has 0 N–H and O–H groups in total. The zero-order valence-electron chi connectivity index (χ0n) is 29.9. The van der Waals surface area contributed by atoms with Gasteiger partial charge in [0.05, 0.1) is 43.2 Å².